The van der Waals surface area contributed by atoms with Gasteiger partial charge in [-0.2, -0.15) is 0 Å². The summed E-state index contributed by atoms with van der Waals surface area (Å²) < 4.78 is 0. The number of halogens is 2. The normalized spacial score (nSPS) is 18.0. The van der Waals surface area contributed by atoms with Gasteiger partial charge in [0.05, 0.1) is 0 Å². The molecule has 1 unspecified atom stereocenters. The van der Waals surface area contributed by atoms with Crippen molar-refractivity contribution < 1.29 is 0 Å². The Morgan fingerprint density at radius 2 is 2.18 bits per heavy atom. The fraction of sp³-hybridized carbons (Fsp3) is 0.462. The maximum absolute atomic E-state index is 4.10. The first-order chi connectivity index (χ1) is 7.45. The highest BCUT2D eigenvalue weighted by atomic mass is 79.9. The van der Waals surface area contributed by atoms with Crippen LogP contribution in [0, 0.1) is 5.92 Å². The molecule has 4 heteroatoms. The van der Waals surface area contributed by atoms with Crippen LogP contribution in [0.5, 0.6) is 0 Å². The SMILES string of the molecule is Br.Br.C1=CCC(CNCc2cccnc2)CC1. The minimum atomic E-state index is 0. The van der Waals surface area contributed by atoms with Crippen LogP contribution < -0.4 is 5.32 Å². The van der Waals surface area contributed by atoms with Gasteiger partial charge in [0.15, 0.2) is 0 Å². The molecule has 2 rings (SSSR count). The molecule has 0 saturated heterocycles. The molecule has 1 aromatic rings. The molecule has 0 fully saturated rings. The van der Waals surface area contributed by atoms with Crippen molar-refractivity contribution >= 4 is 34.0 Å². The van der Waals surface area contributed by atoms with Gasteiger partial charge in [-0.25, -0.2) is 0 Å². The second-order valence-electron chi connectivity index (χ2n) is 4.14. The van der Waals surface area contributed by atoms with Gasteiger partial charge in [-0.05, 0) is 43.4 Å². The predicted molar refractivity (Wildman–Crippen MR) is 83.1 cm³/mol. The number of rotatable bonds is 4. The predicted octanol–water partition coefficient (Wildman–Crippen LogP) is 3.68. The molecular formula is C13H20Br2N2. The lowest BCUT2D eigenvalue weighted by Crippen LogP contribution is -2.23. The van der Waals surface area contributed by atoms with Crippen LogP contribution in [0.15, 0.2) is 36.7 Å². The number of hydrogen-bond donors (Lipinski definition) is 1. The highest BCUT2D eigenvalue weighted by molar-refractivity contribution is 8.93. The molecule has 0 aromatic carbocycles. The molecule has 1 aromatic heterocycles. The van der Waals surface area contributed by atoms with Crippen molar-refractivity contribution in [3.05, 3.63) is 42.2 Å². The second-order valence-corrected chi connectivity index (χ2v) is 4.14. The molecular weight excluding hydrogens is 344 g/mol. The van der Waals surface area contributed by atoms with E-state index in [1.54, 1.807) is 0 Å². The van der Waals surface area contributed by atoms with Gasteiger partial charge in [0, 0.05) is 18.9 Å². The van der Waals surface area contributed by atoms with Crippen LogP contribution in [0.25, 0.3) is 0 Å². The van der Waals surface area contributed by atoms with Crippen molar-refractivity contribution in [1.29, 1.82) is 0 Å². The Hall–Kier alpha value is -0.190. The van der Waals surface area contributed by atoms with E-state index >= 15 is 0 Å². The quantitative estimate of drug-likeness (QED) is 0.825. The molecule has 2 nitrogen and oxygen atoms in total. The first kappa shape index (κ1) is 16.8. The average molecular weight is 364 g/mol. The molecule has 0 amide bonds. The maximum Gasteiger partial charge on any atom is 0.0312 e. The second kappa shape index (κ2) is 9.80. The van der Waals surface area contributed by atoms with Crippen LogP contribution in [-0.4, -0.2) is 11.5 Å². The van der Waals surface area contributed by atoms with Crippen molar-refractivity contribution in [2.75, 3.05) is 6.54 Å². The Kier molecular flexibility index (Phi) is 9.69. The lowest BCUT2D eigenvalue weighted by atomic mass is 9.94. The van der Waals surface area contributed by atoms with Crippen molar-refractivity contribution in [1.82, 2.24) is 10.3 Å². The molecule has 1 N–H and O–H groups in total. The number of hydrogen-bond acceptors (Lipinski definition) is 2. The number of nitrogens with zero attached hydrogens (tertiary/aromatic N) is 1. The summed E-state index contributed by atoms with van der Waals surface area (Å²) in [5.41, 5.74) is 1.27. The molecule has 1 aliphatic rings. The third kappa shape index (κ3) is 6.34. The Morgan fingerprint density at radius 3 is 2.82 bits per heavy atom. The van der Waals surface area contributed by atoms with Crippen LogP contribution in [0.2, 0.25) is 0 Å². The summed E-state index contributed by atoms with van der Waals surface area (Å²) in [7, 11) is 0. The summed E-state index contributed by atoms with van der Waals surface area (Å²) in [6.07, 6.45) is 12.1. The Labute approximate surface area is 124 Å². The third-order valence-corrected chi connectivity index (χ3v) is 2.86. The van der Waals surface area contributed by atoms with E-state index in [2.05, 4.69) is 28.5 Å². The molecule has 0 spiro atoms. The molecule has 1 atom stereocenters. The number of allylic oxidation sites excluding steroid dienone is 2. The lowest BCUT2D eigenvalue weighted by Gasteiger charge is -2.18. The Morgan fingerprint density at radius 1 is 1.29 bits per heavy atom. The Balaban J connectivity index is 0.00000128. The zero-order valence-corrected chi connectivity index (χ0v) is 13.3. The van der Waals surface area contributed by atoms with Gasteiger partial charge in [0.2, 0.25) is 0 Å². The first-order valence-electron chi connectivity index (χ1n) is 5.70. The van der Waals surface area contributed by atoms with Crippen molar-refractivity contribution in [3.8, 4) is 0 Å². The van der Waals surface area contributed by atoms with E-state index in [-0.39, 0.29) is 34.0 Å². The first-order valence-corrected chi connectivity index (χ1v) is 5.70. The number of pyridine rings is 1. The van der Waals surface area contributed by atoms with E-state index in [4.69, 9.17) is 0 Å². The monoisotopic (exact) mass is 362 g/mol. The maximum atomic E-state index is 4.10. The van der Waals surface area contributed by atoms with Crippen LogP contribution in [0.1, 0.15) is 24.8 Å². The summed E-state index contributed by atoms with van der Waals surface area (Å²) in [6.45, 7) is 2.06. The molecule has 17 heavy (non-hydrogen) atoms. The van der Waals surface area contributed by atoms with Gasteiger partial charge in [0.1, 0.15) is 0 Å². The smallest absolute Gasteiger partial charge is 0.0312 e. The van der Waals surface area contributed by atoms with Gasteiger partial charge in [-0.15, -0.1) is 34.0 Å². The molecule has 0 bridgehead atoms. The zero-order chi connectivity index (χ0) is 10.3. The minimum Gasteiger partial charge on any atom is -0.312 e. The van der Waals surface area contributed by atoms with Crippen molar-refractivity contribution in [3.63, 3.8) is 0 Å². The lowest BCUT2D eigenvalue weighted by molar-refractivity contribution is 0.440. The fourth-order valence-electron chi connectivity index (χ4n) is 1.97. The van der Waals surface area contributed by atoms with E-state index in [1.165, 1.54) is 24.8 Å². The van der Waals surface area contributed by atoms with Gasteiger partial charge in [0.25, 0.3) is 0 Å². The molecule has 0 aliphatic heterocycles. The highest BCUT2D eigenvalue weighted by Gasteiger charge is 2.08. The summed E-state index contributed by atoms with van der Waals surface area (Å²) in [6, 6.07) is 4.10. The number of nitrogens with one attached hydrogen (secondary N) is 1. The summed E-state index contributed by atoms with van der Waals surface area (Å²) in [5, 5.41) is 3.50. The number of aromatic nitrogens is 1. The Bertz CT molecular complexity index is 314. The van der Waals surface area contributed by atoms with Crippen molar-refractivity contribution in [2.24, 2.45) is 5.92 Å². The van der Waals surface area contributed by atoms with E-state index in [9.17, 15) is 0 Å². The van der Waals surface area contributed by atoms with Crippen molar-refractivity contribution in [2.45, 2.75) is 25.8 Å². The van der Waals surface area contributed by atoms with Crippen LogP contribution in [-0.2, 0) is 6.54 Å². The topological polar surface area (TPSA) is 24.9 Å². The fourth-order valence-corrected chi connectivity index (χ4v) is 1.97. The average Bonchev–Trinajstić information content (AvgIpc) is 2.32. The molecule has 0 radical (unpaired) electrons. The van der Waals surface area contributed by atoms with Gasteiger partial charge in [-0.3, -0.25) is 4.98 Å². The summed E-state index contributed by atoms with van der Waals surface area (Å²) in [5.74, 6) is 0.826. The molecule has 96 valence electrons. The minimum absolute atomic E-state index is 0. The summed E-state index contributed by atoms with van der Waals surface area (Å²) in [4.78, 5) is 4.10. The standard InChI is InChI=1S/C13H18N2.2BrH/c1-2-5-12(6-3-1)9-15-11-13-7-4-8-14-10-13;;/h1-2,4,7-8,10,12,15H,3,5-6,9,11H2;2*1H. The van der Waals surface area contributed by atoms with Gasteiger partial charge < -0.3 is 5.32 Å². The van der Waals surface area contributed by atoms with E-state index < -0.39 is 0 Å². The third-order valence-electron chi connectivity index (χ3n) is 2.86. The molecule has 1 heterocycles. The summed E-state index contributed by atoms with van der Waals surface area (Å²) >= 11 is 0. The van der Waals surface area contributed by atoms with E-state index in [0.717, 1.165) is 19.0 Å². The van der Waals surface area contributed by atoms with E-state index in [1.807, 2.05) is 18.5 Å². The zero-order valence-electron chi connectivity index (χ0n) is 9.84. The van der Waals surface area contributed by atoms with Crippen LogP contribution >= 0.6 is 34.0 Å². The molecule has 0 saturated carbocycles. The van der Waals surface area contributed by atoms with Crippen LogP contribution in [0.4, 0.5) is 0 Å². The van der Waals surface area contributed by atoms with E-state index in [0.29, 0.717) is 0 Å². The largest absolute Gasteiger partial charge is 0.312 e. The molecule has 1 aliphatic carbocycles. The highest BCUT2D eigenvalue weighted by Crippen LogP contribution is 2.16. The van der Waals surface area contributed by atoms with Crippen LogP contribution in [0.3, 0.4) is 0 Å². The van der Waals surface area contributed by atoms with Gasteiger partial charge in [-0.1, -0.05) is 18.2 Å². The van der Waals surface area contributed by atoms with Gasteiger partial charge >= 0.3 is 0 Å².